The summed E-state index contributed by atoms with van der Waals surface area (Å²) in [5.41, 5.74) is 2.19. The number of carbonyl (C=O) groups is 1. The molecule has 0 radical (unpaired) electrons. The second-order valence-corrected chi connectivity index (χ2v) is 4.60. The first kappa shape index (κ1) is 12.9. The number of methoxy groups -OCH3 is 1. The van der Waals surface area contributed by atoms with E-state index in [1.165, 1.54) is 0 Å². The topological polar surface area (TPSA) is 41.6 Å². The molecule has 0 bridgehead atoms. The molecule has 4 nitrogen and oxygen atoms in total. The summed E-state index contributed by atoms with van der Waals surface area (Å²) in [5.74, 6) is 1.05. The van der Waals surface area contributed by atoms with Crippen molar-refractivity contribution >= 4 is 5.91 Å². The molecule has 1 amide bonds. The quantitative estimate of drug-likeness (QED) is 0.867. The molecular formula is C14H20N2O2. The van der Waals surface area contributed by atoms with Crippen LogP contribution >= 0.6 is 0 Å². The molecule has 98 valence electrons. The van der Waals surface area contributed by atoms with Crippen LogP contribution in [0.25, 0.3) is 0 Å². The summed E-state index contributed by atoms with van der Waals surface area (Å²) in [4.78, 5) is 14.1. The summed E-state index contributed by atoms with van der Waals surface area (Å²) in [6.07, 6.45) is 0.482. The number of hydrogen-bond donors (Lipinski definition) is 1. The van der Waals surface area contributed by atoms with Crippen LogP contribution in [0.15, 0.2) is 18.2 Å². The van der Waals surface area contributed by atoms with E-state index in [0.29, 0.717) is 6.42 Å². The predicted molar refractivity (Wildman–Crippen MR) is 70.9 cm³/mol. The standard InChI is InChI=1S/C14H20N2O2/c1-11-9-13(18-2)4-3-12(11)10-14(17)16-7-5-15-6-8-16/h3-4,9,15H,5-8,10H2,1-2H3. The molecule has 4 heteroatoms. The maximum absolute atomic E-state index is 12.1. The molecule has 0 saturated carbocycles. The van der Waals surface area contributed by atoms with E-state index < -0.39 is 0 Å². The summed E-state index contributed by atoms with van der Waals surface area (Å²) < 4.78 is 5.17. The maximum Gasteiger partial charge on any atom is 0.227 e. The van der Waals surface area contributed by atoms with Crippen LogP contribution in [0.1, 0.15) is 11.1 Å². The van der Waals surface area contributed by atoms with Crippen molar-refractivity contribution in [2.45, 2.75) is 13.3 Å². The van der Waals surface area contributed by atoms with Crippen LogP contribution in [0.2, 0.25) is 0 Å². The Morgan fingerprint density at radius 2 is 2.11 bits per heavy atom. The lowest BCUT2D eigenvalue weighted by atomic mass is 10.0. The molecule has 0 aromatic heterocycles. The molecule has 1 aromatic rings. The first-order valence-corrected chi connectivity index (χ1v) is 6.32. The van der Waals surface area contributed by atoms with Crippen LogP contribution in [0.3, 0.4) is 0 Å². The smallest absolute Gasteiger partial charge is 0.227 e. The van der Waals surface area contributed by atoms with Crippen molar-refractivity contribution in [3.8, 4) is 5.75 Å². The molecule has 0 spiro atoms. The first-order valence-electron chi connectivity index (χ1n) is 6.32. The Hall–Kier alpha value is -1.55. The molecule has 1 N–H and O–H groups in total. The van der Waals surface area contributed by atoms with Crippen molar-refractivity contribution in [2.24, 2.45) is 0 Å². The Morgan fingerprint density at radius 3 is 2.72 bits per heavy atom. The number of hydrogen-bond acceptors (Lipinski definition) is 3. The Kier molecular flexibility index (Phi) is 4.20. The molecule has 2 rings (SSSR count). The molecule has 0 aliphatic carbocycles. The highest BCUT2D eigenvalue weighted by Crippen LogP contribution is 2.17. The van der Waals surface area contributed by atoms with Crippen LogP contribution in [0.5, 0.6) is 5.75 Å². The SMILES string of the molecule is COc1ccc(CC(=O)N2CCNCC2)c(C)c1. The summed E-state index contributed by atoms with van der Waals surface area (Å²) in [6.45, 7) is 5.44. The minimum atomic E-state index is 0.213. The zero-order chi connectivity index (χ0) is 13.0. The highest BCUT2D eigenvalue weighted by molar-refractivity contribution is 5.79. The van der Waals surface area contributed by atoms with E-state index in [1.807, 2.05) is 30.0 Å². The number of benzene rings is 1. The molecule has 18 heavy (non-hydrogen) atoms. The zero-order valence-corrected chi connectivity index (χ0v) is 11.0. The van der Waals surface area contributed by atoms with Crippen molar-refractivity contribution in [3.05, 3.63) is 29.3 Å². The Morgan fingerprint density at radius 1 is 1.39 bits per heavy atom. The fourth-order valence-electron chi connectivity index (χ4n) is 2.18. The van der Waals surface area contributed by atoms with Gasteiger partial charge >= 0.3 is 0 Å². The van der Waals surface area contributed by atoms with Crippen LogP contribution in [-0.2, 0) is 11.2 Å². The molecule has 0 unspecified atom stereocenters. The predicted octanol–water partition coefficient (Wildman–Crippen LogP) is 0.978. The number of nitrogens with one attached hydrogen (secondary N) is 1. The molecule has 1 aromatic carbocycles. The minimum Gasteiger partial charge on any atom is -0.497 e. The van der Waals surface area contributed by atoms with E-state index in [9.17, 15) is 4.79 Å². The van der Waals surface area contributed by atoms with Gasteiger partial charge in [-0.2, -0.15) is 0 Å². The normalized spacial score (nSPS) is 15.6. The van der Waals surface area contributed by atoms with Gasteiger partial charge in [0, 0.05) is 26.2 Å². The van der Waals surface area contributed by atoms with Crippen molar-refractivity contribution in [2.75, 3.05) is 33.3 Å². The first-order chi connectivity index (χ1) is 8.70. The van der Waals surface area contributed by atoms with Gasteiger partial charge in [0.15, 0.2) is 0 Å². The van der Waals surface area contributed by atoms with Gasteiger partial charge in [-0.3, -0.25) is 4.79 Å². The average Bonchev–Trinajstić information content (AvgIpc) is 2.42. The number of nitrogens with zero attached hydrogens (tertiary/aromatic N) is 1. The van der Waals surface area contributed by atoms with Gasteiger partial charge in [-0.1, -0.05) is 6.07 Å². The molecule has 1 saturated heterocycles. The Labute approximate surface area is 108 Å². The van der Waals surface area contributed by atoms with E-state index in [2.05, 4.69) is 5.32 Å². The second kappa shape index (κ2) is 5.87. The highest BCUT2D eigenvalue weighted by atomic mass is 16.5. The van der Waals surface area contributed by atoms with Gasteiger partial charge in [0.05, 0.1) is 13.5 Å². The van der Waals surface area contributed by atoms with Crippen LogP contribution < -0.4 is 10.1 Å². The van der Waals surface area contributed by atoms with Gasteiger partial charge in [0.2, 0.25) is 5.91 Å². The lowest BCUT2D eigenvalue weighted by Crippen LogP contribution is -2.47. The molecule has 0 atom stereocenters. The third kappa shape index (κ3) is 3.01. The van der Waals surface area contributed by atoms with Crippen molar-refractivity contribution in [3.63, 3.8) is 0 Å². The molecular weight excluding hydrogens is 228 g/mol. The number of ether oxygens (including phenoxy) is 1. The number of piperazine rings is 1. The molecule has 1 aliphatic heterocycles. The number of rotatable bonds is 3. The number of aryl methyl sites for hydroxylation is 1. The lowest BCUT2D eigenvalue weighted by molar-refractivity contribution is -0.131. The average molecular weight is 248 g/mol. The summed E-state index contributed by atoms with van der Waals surface area (Å²) in [6, 6.07) is 5.86. The van der Waals surface area contributed by atoms with Crippen LogP contribution in [0.4, 0.5) is 0 Å². The van der Waals surface area contributed by atoms with Crippen molar-refractivity contribution < 1.29 is 9.53 Å². The molecule has 1 heterocycles. The van der Waals surface area contributed by atoms with E-state index in [0.717, 1.165) is 43.1 Å². The van der Waals surface area contributed by atoms with Gasteiger partial charge in [-0.25, -0.2) is 0 Å². The van der Waals surface area contributed by atoms with Gasteiger partial charge < -0.3 is 15.0 Å². The monoisotopic (exact) mass is 248 g/mol. The third-order valence-electron chi connectivity index (χ3n) is 3.36. The molecule has 1 aliphatic rings. The number of carbonyl (C=O) groups excluding carboxylic acids is 1. The fraction of sp³-hybridized carbons (Fsp3) is 0.500. The lowest BCUT2D eigenvalue weighted by Gasteiger charge is -2.27. The van der Waals surface area contributed by atoms with Gasteiger partial charge in [0.25, 0.3) is 0 Å². The molecule has 1 fully saturated rings. The third-order valence-corrected chi connectivity index (χ3v) is 3.36. The largest absolute Gasteiger partial charge is 0.497 e. The van der Waals surface area contributed by atoms with Crippen LogP contribution in [-0.4, -0.2) is 44.1 Å². The van der Waals surface area contributed by atoms with Crippen molar-refractivity contribution in [1.29, 1.82) is 0 Å². The van der Waals surface area contributed by atoms with E-state index in [-0.39, 0.29) is 5.91 Å². The summed E-state index contributed by atoms with van der Waals surface area (Å²) in [5, 5.41) is 3.25. The van der Waals surface area contributed by atoms with E-state index in [4.69, 9.17) is 4.74 Å². The van der Waals surface area contributed by atoms with Gasteiger partial charge in [-0.05, 0) is 30.2 Å². The van der Waals surface area contributed by atoms with E-state index in [1.54, 1.807) is 7.11 Å². The zero-order valence-electron chi connectivity index (χ0n) is 11.0. The maximum atomic E-state index is 12.1. The van der Waals surface area contributed by atoms with Crippen LogP contribution in [0, 0.1) is 6.92 Å². The Bertz CT molecular complexity index is 426. The van der Waals surface area contributed by atoms with Crippen molar-refractivity contribution in [1.82, 2.24) is 10.2 Å². The van der Waals surface area contributed by atoms with Gasteiger partial charge in [0.1, 0.15) is 5.75 Å². The summed E-state index contributed by atoms with van der Waals surface area (Å²) in [7, 11) is 1.65. The highest BCUT2D eigenvalue weighted by Gasteiger charge is 2.17. The minimum absolute atomic E-state index is 0.213. The fourth-order valence-corrected chi connectivity index (χ4v) is 2.18. The summed E-state index contributed by atoms with van der Waals surface area (Å²) >= 11 is 0. The van der Waals surface area contributed by atoms with E-state index >= 15 is 0 Å². The second-order valence-electron chi connectivity index (χ2n) is 4.60. The Balaban J connectivity index is 2.02. The number of amides is 1. The van der Waals surface area contributed by atoms with Gasteiger partial charge in [-0.15, -0.1) is 0 Å².